The van der Waals surface area contributed by atoms with Crippen LogP contribution in [-0.2, 0) is 14.8 Å². The molecular formula is C23H28ClFN2O3S. The van der Waals surface area contributed by atoms with Crippen molar-refractivity contribution in [2.45, 2.75) is 37.5 Å². The van der Waals surface area contributed by atoms with Crippen LogP contribution in [0.1, 0.15) is 38.2 Å². The number of amides is 1. The Labute approximate surface area is 188 Å². The first-order chi connectivity index (χ1) is 14.7. The van der Waals surface area contributed by atoms with Crippen molar-refractivity contribution in [3.63, 3.8) is 0 Å². The van der Waals surface area contributed by atoms with Gasteiger partial charge in [-0.15, -0.1) is 0 Å². The predicted octanol–water partition coefficient (Wildman–Crippen LogP) is 4.44. The van der Waals surface area contributed by atoms with Crippen LogP contribution in [0.5, 0.6) is 0 Å². The molecule has 0 aromatic heterocycles. The lowest BCUT2D eigenvalue weighted by Gasteiger charge is -2.31. The maximum atomic E-state index is 13.4. The largest absolute Gasteiger partial charge is 0.355 e. The minimum atomic E-state index is -3.77. The van der Waals surface area contributed by atoms with Crippen LogP contribution in [0.3, 0.4) is 0 Å². The molecule has 1 N–H and O–H groups in total. The molecule has 1 unspecified atom stereocenters. The second-order valence-electron chi connectivity index (χ2n) is 8.26. The second kappa shape index (κ2) is 10.1. The Hall–Kier alpha value is -1.96. The van der Waals surface area contributed by atoms with Gasteiger partial charge in [-0.3, -0.25) is 4.79 Å². The monoisotopic (exact) mass is 466 g/mol. The number of benzene rings is 2. The topological polar surface area (TPSA) is 66.5 Å². The summed E-state index contributed by atoms with van der Waals surface area (Å²) in [5.74, 6) is -0.340. The third-order valence-corrected chi connectivity index (χ3v) is 8.07. The smallest absolute Gasteiger partial charge is 0.243 e. The number of hydrogen-bond donors (Lipinski definition) is 1. The fraction of sp³-hybridized carbons (Fsp3) is 0.435. The van der Waals surface area contributed by atoms with Gasteiger partial charge in [-0.1, -0.05) is 55.8 Å². The van der Waals surface area contributed by atoms with Crippen LogP contribution in [0.25, 0.3) is 0 Å². The van der Waals surface area contributed by atoms with E-state index < -0.39 is 15.8 Å². The van der Waals surface area contributed by atoms with Crippen LogP contribution in [0, 0.1) is 17.7 Å². The SMILES string of the molecule is CC(C)C(CNC(=O)C1CCN(S(=O)(=O)c2ccc(F)c(Cl)c2)CC1)c1ccccc1. The minimum absolute atomic E-state index is 0.0376. The Morgan fingerprint density at radius 1 is 1.16 bits per heavy atom. The molecule has 1 aliphatic rings. The van der Waals surface area contributed by atoms with Gasteiger partial charge in [0.2, 0.25) is 15.9 Å². The quantitative estimate of drug-likeness (QED) is 0.656. The first kappa shape index (κ1) is 23.7. The second-order valence-corrected chi connectivity index (χ2v) is 10.6. The highest BCUT2D eigenvalue weighted by molar-refractivity contribution is 7.89. The molecule has 0 saturated carbocycles. The zero-order valence-corrected chi connectivity index (χ0v) is 19.3. The van der Waals surface area contributed by atoms with Gasteiger partial charge in [0.25, 0.3) is 0 Å². The fourth-order valence-electron chi connectivity index (χ4n) is 3.94. The zero-order chi connectivity index (χ0) is 22.6. The van der Waals surface area contributed by atoms with E-state index in [-0.39, 0.29) is 40.8 Å². The molecule has 1 fully saturated rings. The average molecular weight is 467 g/mol. The molecule has 1 saturated heterocycles. The van der Waals surface area contributed by atoms with E-state index in [1.165, 1.54) is 15.9 Å². The fourth-order valence-corrected chi connectivity index (χ4v) is 5.68. The molecule has 2 aromatic carbocycles. The minimum Gasteiger partial charge on any atom is -0.355 e. The molecule has 1 aliphatic heterocycles. The Bertz CT molecular complexity index is 1010. The molecule has 0 aliphatic carbocycles. The number of nitrogens with zero attached hydrogens (tertiary/aromatic N) is 1. The van der Waals surface area contributed by atoms with E-state index in [0.29, 0.717) is 25.3 Å². The molecule has 0 spiro atoms. The Morgan fingerprint density at radius 2 is 1.81 bits per heavy atom. The first-order valence-electron chi connectivity index (χ1n) is 10.5. The van der Waals surface area contributed by atoms with Crippen molar-refractivity contribution in [1.29, 1.82) is 0 Å². The van der Waals surface area contributed by atoms with Gasteiger partial charge in [-0.05, 0) is 42.5 Å². The molecule has 1 atom stereocenters. The van der Waals surface area contributed by atoms with Crippen LogP contribution in [0.4, 0.5) is 4.39 Å². The third-order valence-electron chi connectivity index (χ3n) is 5.88. The number of hydrogen-bond acceptors (Lipinski definition) is 3. The Kier molecular flexibility index (Phi) is 7.73. The van der Waals surface area contributed by atoms with Crippen molar-refractivity contribution in [1.82, 2.24) is 9.62 Å². The maximum absolute atomic E-state index is 13.4. The van der Waals surface area contributed by atoms with Crippen LogP contribution >= 0.6 is 11.6 Å². The number of halogens is 2. The van der Waals surface area contributed by atoms with E-state index in [0.717, 1.165) is 12.1 Å². The molecule has 3 rings (SSSR count). The summed E-state index contributed by atoms with van der Waals surface area (Å²) in [5, 5.41) is 2.84. The summed E-state index contributed by atoms with van der Waals surface area (Å²) in [6.07, 6.45) is 0.884. The lowest BCUT2D eigenvalue weighted by Crippen LogP contribution is -2.43. The van der Waals surface area contributed by atoms with Crippen LogP contribution in [0.2, 0.25) is 5.02 Å². The molecule has 0 bridgehead atoms. The molecule has 2 aromatic rings. The lowest BCUT2D eigenvalue weighted by atomic mass is 9.88. The molecule has 5 nitrogen and oxygen atoms in total. The van der Waals surface area contributed by atoms with Gasteiger partial charge in [-0.2, -0.15) is 4.31 Å². The summed E-state index contributed by atoms with van der Waals surface area (Å²) < 4.78 is 40.3. The average Bonchev–Trinajstić information content (AvgIpc) is 2.76. The van der Waals surface area contributed by atoms with Crippen molar-refractivity contribution < 1.29 is 17.6 Å². The van der Waals surface area contributed by atoms with Gasteiger partial charge in [0, 0.05) is 31.5 Å². The van der Waals surface area contributed by atoms with Crippen LogP contribution in [0.15, 0.2) is 53.4 Å². The van der Waals surface area contributed by atoms with E-state index in [1.54, 1.807) is 0 Å². The summed E-state index contributed by atoms with van der Waals surface area (Å²) in [5.41, 5.74) is 1.19. The van der Waals surface area contributed by atoms with E-state index in [2.05, 4.69) is 31.3 Å². The summed E-state index contributed by atoms with van der Waals surface area (Å²) >= 11 is 5.74. The zero-order valence-electron chi connectivity index (χ0n) is 17.7. The predicted molar refractivity (Wildman–Crippen MR) is 120 cm³/mol. The van der Waals surface area contributed by atoms with E-state index >= 15 is 0 Å². The number of carbonyl (C=O) groups excluding carboxylic acids is 1. The highest BCUT2D eigenvalue weighted by Gasteiger charge is 2.32. The van der Waals surface area contributed by atoms with Crippen LogP contribution in [-0.4, -0.2) is 38.3 Å². The van der Waals surface area contributed by atoms with Gasteiger partial charge in [0.15, 0.2) is 0 Å². The highest BCUT2D eigenvalue weighted by Crippen LogP contribution is 2.27. The summed E-state index contributed by atoms with van der Waals surface area (Å²) in [4.78, 5) is 12.7. The first-order valence-corrected chi connectivity index (χ1v) is 12.3. The normalized spacial score (nSPS) is 16.9. The number of carbonyl (C=O) groups is 1. The molecule has 8 heteroatoms. The van der Waals surface area contributed by atoms with E-state index in [4.69, 9.17) is 11.6 Å². The Balaban J connectivity index is 1.57. The van der Waals surface area contributed by atoms with Gasteiger partial charge >= 0.3 is 0 Å². The van der Waals surface area contributed by atoms with Gasteiger partial charge < -0.3 is 5.32 Å². The molecule has 168 valence electrons. The van der Waals surface area contributed by atoms with Crippen molar-refractivity contribution >= 4 is 27.5 Å². The lowest BCUT2D eigenvalue weighted by molar-refractivity contribution is -0.126. The number of rotatable bonds is 7. The summed E-state index contributed by atoms with van der Waals surface area (Å²) in [6, 6.07) is 13.5. The number of sulfonamides is 1. The van der Waals surface area contributed by atoms with Gasteiger partial charge in [0.1, 0.15) is 5.82 Å². The highest BCUT2D eigenvalue weighted by atomic mass is 35.5. The van der Waals surface area contributed by atoms with Crippen molar-refractivity contribution in [3.05, 3.63) is 64.9 Å². The standard InChI is InChI=1S/C23H28ClFN2O3S/c1-16(2)20(17-6-4-3-5-7-17)15-26-23(28)18-10-12-27(13-11-18)31(29,30)19-8-9-22(25)21(24)14-19/h3-9,14,16,18,20H,10-13,15H2,1-2H3,(H,26,28). The van der Waals surface area contributed by atoms with Crippen molar-refractivity contribution in [3.8, 4) is 0 Å². The third kappa shape index (κ3) is 5.64. The number of piperidine rings is 1. The molecule has 1 amide bonds. The molecule has 31 heavy (non-hydrogen) atoms. The van der Waals surface area contributed by atoms with Gasteiger partial charge in [0.05, 0.1) is 9.92 Å². The summed E-state index contributed by atoms with van der Waals surface area (Å²) in [7, 11) is -3.77. The van der Waals surface area contributed by atoms with Crippen LogP contribution < -0.4 is 5.32 Å². The summed E-state index contributed by atoms with van der Waals surface area (Å²) in [6.45, 7) is 5.29. The van der Waals surface area contributed by atoms with E-state index in [9.17, 15) is 17.6 Å². The van der Waals surface area contributed by atoms with Crippen molar-refractivity contribution in [2.24, 2.45) is 11.8 Å². The Morgan fingerprint density at radius 3 is 2.39 bits per heavy atom. The van der Waals surface area contributed by atoms with Gasteiger partial charge in [-0.25, -0.2) is 12.8 Å². The molecule has 0 radical (unpaired) electrons. The van der Waals surface area contributed by atoms with E-state index in [1.807, 2.05) is 18.2 Å². The van der Waals surface area contributed by atoms with Crippen molar-refractivity contribution in [2.75, 3.05) is 19.6 Å². The maximum Gasteiger partial charge on any atom is 0.243 e. The molecule has 1 heterocycles. The molecular weight excluding hydrogens is 439 g/mol. The number of nitrogens with one attached hydrogen (secondary N) is 1.